The van der Waals surface area contributed by atoms with Gasteiger partial charge >= 0.3 is 0 Å². The van der Waals surface area contributed by atoms with E-state index >= 15 is 0 Å². The molecule has 1 aromatic carbocycles. The number of amides is 2. The molecule has 0 aliphatic carbocycles. The van der Waals surface area contributed by atoms with Crippen molar-refractivity contribution in [1.82, 2.24) is 10.6 Å². The maximum absolute atomic E-state index is 13.1. The number of nitrogen functional groups attached to an aromatic ring is 1. The summed E-state index contributed by atoms with van der Waals surface area (Å²) in [6, 6.07) is 3.70. The Morgan fingerprint density at radius 2 is 2.11 bits per heavy atom. The number of hydrogen-bond acceptors (Lipinski definition) is 4. The van der Waals surface area contributed by atoms with Gasteiger partial charge in [-0.1, -0.05) is 0 Å². The Kier molecular flexibility index (Phi) is 5.74. The Bertz CT molecular complexity index is 466. The number of nitrogens with one attached hydrogen (secondary N) is 2. The quantitative estimate of drug-likeness (QED) is 0.496. The summed E-state index contributed by atoms with van der Waals surface area (Å²) in [6.45, 7) is 0.569. The molecule has 0 bridgehead atoms. The zero-order valence-electron chi connectivity index (χ0n) is 10.5. The van der Waals surface area contributed by atoms with E-state index < -0.39 is 11.7 Å². The van der Waals surface area contributed by atoms with Gasteiger partial charge in [0.25, 0.3) is 5.91 Å². The molecule has 0 radical (unpaired) electrons. The van der Waals surface area contributed by atoms with Gasteiger partial charge in [-0.3, -0.25) is 9.59 Å². The van der Waals surface area contributed by atoms with E-state index in [1.54, 1.807) is 0 Å². The molecule has 0 heterocycles. The lowest BCUT2D eigenvalue weighted by molar-refractivity contribution is -0.120. The lowest BCUT2D eigenvalue weighted by Crippen LogP contribution is -2.38. The minimum atomic E-state index is -0.669. The minimum absolute atomic E-state index is 0.0335. The van der Waals surface area contributed by atoms with Crippen molar-refractivity contribution in [3.8, 4) is 0 Å². The first-order valence-electron chi connectivity index (χ1n) is 5.63. The van der Waals surface area contributed by atoms with Crippen LogP contribution >= 0.6 is 0 Å². The molecule has 2 amide bonds. The van der Waals surface area contributed by atoms with Crippen LogP contribution in [0.4, 0.5) is 10.1 Å². The highest BCUT2D eigenvalue weighted by Gasteiger charge is 2.09. The van der Waals surface area contributed by atoms with Gasteiger partial charge in [-0.25, -0.2) is 4.39 Å². The molecule has 0 atom stereocenters. The number of hydrogen-bond donors (Lipinski definition) is 3. The number of rotatable bonds is 6. The largest absolute Gasteiger partial charge is 0.396 e. The topological polar surface area (TPSA) is 93.5 Å². The maximum atomic E-state index is 13.1. The van der Waals surface area contributed by atoms with Gasteiger partial charge in [0, 0.05) is 19.2 Å². The smallest absolute Gasteiger partial charge is 0.251 e. The number of ether oxygens (including phenoxy) is 1. The average Bonchev–Trinajstić information content (AvgIpc) is 2.39. The van der Waals surface area contributed by atoms with Crippen LogP contribution in [0, 0.1) is 5.82 Å². The van der Waals surface area contributed by atoms with Gasteiger partial charge in [-0.2, -0.15) is 0 Å². The summed E-state index contributed by atoms with van der Waals surface area (Å²) in [5, 5.41) is 4.91. The van der Waals surface area contributed by atoms with E-state index in [4.69, 9.17) is 10.5 Å². The fraction of sp³-hybridized carbons (Fsp3) is 0.333. The monoisotopic (exact) mass is 269 g/mol. The van der Waals surface area contributed by atoms with Crippen molar-refractivity contribution in [3.05, 3.63) is 29.6 Å². The maximum Gasteiger partial charge on any atom is 0.251 e. The molecule has 7 heteroatoms. The van der Waals surface area contributed by atoms with Crippen LogP contribution in [0.2, 0.25) is 0 Å². The number of carbonyl (C=O) groups excluding carboxylic acids is 2. The highest BCUT2D eigenvalue weighted by atomic mass is 19.1. The van der Waals surface area contributed by atoms with E-state index in [1.807, 2.05) is 0 Å². The van der Waals surface area contributed by atoms with E-state index in [0.717, 1.165) is 6.07 Å². The van der Waals surface area contributed by atoms with Gasteiger partial charge in [0.15, 0.2) is 0 Å². The van der Waals surface area contributed by atoms with Crippen molar-refractivity contribution in [2.75, 3.05) is 32.5 Å². The fourth-order valence-electron chi connectivity index (χ4n) is 1.29. The predicted octanol–water partition coefficient (Wildman–Crippen LogP) is -0.0997. The van der Waals surface area contributed by atoms with E-state index in [1.165, 1.54) is 19.2 Å². The van der Waals surface area contributed by atoms with Crippen molar-refractivity contribution < 1.29 is 18.7 Å². The first kappa shape index (κ1) is 14.9. The molecule has 0 spiro atoms. The second-order valence-corrected chi connectivity index (χ2v) is 3.76. The van der Waals surface area contributed by atoms with Gasteiger partial charge in [0.05, 0.1) is 18.8 Å². The van der Waals surface area contributed by atoms with Crippen LogP contribution in [0.15, 0.2) is 18.2 Å². The summed E-state index contributed by atoms with van der Waals surface area (Å²) in [6.07, 6.45) is 0. The lowest BCUT2D eigenvalue weighted by atomic mass is 10.2. The Hall–Kier alpha value is -2.15. The van der Waals surface area contributed by atoms with Crippen molar-refractivity contribution >= 4 is 17.5 Å². The first-order chi connectivity index (χ1) is 9.04. The molecular weight excluding hydrogens is 253 g/mol. The highest BCUT2D eigenvalue weighted by Crippen LogP contribution is 2.11. The number of halogens is 1. The first-order valence-corrected chi connectivity index (χ1v) is 5.63. The molecule has 0 saturated carbocycles. The van der Waals surface area contributed by atoms with Crippen LogP contribution in [0.25, 0.3) is 0 Å². The molecule has 0 aliphatic rings. The van der Waals surface area contributed by atoms with E-state index in [9.17, 15) is 14.0 Å². The fourth-order valence-corrected chi connectivity index (χ4v) is 1.29. The van der Waals surface area contributed by atoms with Crippen molar-refractivity contribution in [2.45, 2.75) is 0 Å². The summed E-state index contributed by atoms with van der Waals surface area (Å²) in [7, 11) is 1.52. The second-order valence-electron chi connectivity index (χ2n) is 3.76. The summed E-state index contributed by atoms with van der Waals surface area (Å²) < 4.78 is 17.9. The van der Waals surface area contributed by atoms with E-state index in [-0.39, 0.29) is 23.7 Å². The third-order valence-electron chi connectivity index (χ3n) is 2.30. The van der Waals surface area contributed by atoms with E-state index in [0.29, 0.717) is 13.2 Å². The van der Waals surface area contributed by atoms with Crippen molar-refractivity contribution in [3.63, 3.8) is 0 Å². The number of benzene rings is 1. The molecule has 0 unspecified atom stereocenters. The number of anilines is 1. The lowest BCUT2D eigenvalue weighted by Gasteiger charge is -2.07. The third-order valence-corrected chi connectivity index (χ3v) is 2.30. The van der Waals surface area contributed by atoms with Crippen LogP contribution in [-0.4, -0.2) is 38.6 Å². The normalized spacial score (nSPS) is 10.0. The third kappa shape index (κ3) is 4.92. The average molecular weight is 269 g/mol. The Labute approximate surface area is 110 Å². The molecular formula is C12H16FN3O3. The molecule has 1 rings (SSSR count). The Morgan fingerprint density at radius 3 is 2.74 bits per heavy atom. The van der Waals surface area contributed by atoms with Crippen LogP contribution in [-0.2, 0) is 9.53 Å². The number of nitrogens with two attached hydrogens (primary N) is 1. The second kappa shape index (κ2) is 7.32. The summed E-state index contributed by atoms with van der Waals surface area (Å²) in [4.78, 5) is 22.9. The predicted molar refractivity (Wildman–Crippen MR) is 68.0 cm³/mol. The molecule has 1 aromatic rings. The van der Waals surface area contributed by atoms with Crippen molar-refractivity contribution in [2.24, 2.45) is 0 Å². The standard InChI is InChI=1S/C12H16FN3O3/c1-19-5-4-15-11(17)7-16-12(18)8-2-3-10(14)9(13)6-8/h2-3,6H,4-5,7,14H2,1H3,(H,15,17)(H,16,18). The van der Waals surface area contributed by atoms with Crippen LogP contribution in [0.5, 0.6) is 0 Å². The highest BCUT2D eigenvalue weighted by molar-refractivity contribution is 5.96. The van der Waals surface area contributed by atoms with Gasteiger partial charge in [0.1, 0.15) is 5.82 Å². The van der Waals surface area contributed by atoms with Crippen LogP contribution in [0.3, 0.4) is 0 Å². The van der Waals surface area contributed by atoms with Gasteiger partial charge in [-0.15, -0.1) is 0 Å². The molecule has 6 nitrogen and oxygen atoms in total. The van der Waals surface area contributed by atoms with Crippen LogP contribution in [0.1, 0.15) is 10.4 Å². The molecule has 0 fully saturated rings. The zero-order valence-corrected chi connectivity index (χ0v) is 10.5. The van der Waals surface area contributed by atoms with Crippen LogP contribution < -0.4 is 16.4 Å². The van der Waals surface area contributed by atoms with Gasteiger partial charge < -0.3 is 21.1 Å². The molecule has 0 aliphatic heterocycles. The van der Waals surface area contributed by atoms with Crippen molar-refractivity contribution in [1.29, 1.82) is 0 Å². The minimum Gasteiger partial charge on any atom is -0.396 e. The SMILES string of the molecule is COCCNC(=O)CNC(=O)c1ccc(N)c(F)c1. The number of carbonyl (C=O) groups is 2. The summed E-state index contributed by atoms with van der Waals surface area (Å²) in [5.41, 5.74) is 5.37. The Balaban J connectivity index is 2.42. The molecule has 0 aromatic heterocycles. The van der Waals surface area contributed by atoms with Gasteiger partial charge in [-0.05, 0) is 18.2 Å². The Morgan fingerprint density at radius 1 is 1.37 bits per heavy atom. The zero-order chi connectivity index (χ0) is 14.3. The van der Waals surface area contributed by atoms with Gasteiger partial charge in [0.2, 0.25) is 5.91 Å². The summed E-state index contributed by atoms with van der Waals surface area (Å²) >= 11 is 0. The van der Waals surface area contributed by atoms with E-state index in [2.05, 4.69) is 10.6 Å². The number of methoxy groups -OCH3 is 1. The molecule has 19 heavy (non-hydrogen) atoms. The molecule has 0 saturated heterocycles. The molecule has 4 N–H and O–H groups in total. The molecule has 104 valence electrons. The summed E-state index contributed by atoms with van der Waals surface area (Å²) in [5.74, 6) is -1.56.